The van der Waals surface area contributed by atoms with Crippen LogP contribution in [0, 0.1) is 34.6 Å². The Kier molecular flexibility index (Phi) is 5.99. The molecule has 228 valence electrons. The standard InChI is InChI=1S/C45H36O2/c1-7-29-14-27(5)45(28(6)15-29)33-11-9-31-19-37-39-23-42-38(22-43(39)47-41(37)21-35(31)17-33)36-18-30-8-10-32(16-34(30)20-40(36)46-42)44-25(3)12-24(2)13-26(44)4/h8-23H,7H2,1-6H3. The van der Waals surface area contributed by atoms with Crippen molar-refractivity contribution in [2.24, 2.45) is 0 Å². The van der Waals surface area contributed by atoms with Gasteiger partial charge >= 0.3 is 0 Å². The molecule has 2 heteroatoms. The Hall–Kier alpha value is -5.34. The molecule has 0 aliphatic carbocycles. The van der Waals surface area contributed by atoms with Crippen molar-refractivity contribution < 1.29 is 8.83 Å². The van der Waals surface area contributed by atoms with E-state index in [0.717, 1.165) is 50.3 Å². The lowest BCUT2D eigenvalue weighted by atomic mass is 9.91. The molecule has 0 saturated carbocycles. The fraction of sp³-hybridized carbons (Fsp3) is 0.156. The summed E-state index contributed by atoms with van der Waals surface area (Å²) in [4.78, 5) is 0. The zero-order chi connectivity index (χ0) is 32.1. The van der Waals surface area contributed by atoms with E-state index in [0.29, 0.717) is 0 Å². The summed E-state index contributed by atoms with van der Waals surface area (Å²) in [6.07, 6.45) is 1.05. The van der Waals surface area contributed by atoms with Crippen molar-refractivity contribution in [3.63, 3.8) is 0 Å². The molecule has 0 N–H and O–H groups in total. The van der Waals surface area contributed by atoms with Gasteiger partial charge in [0.1, 0.15) is 22.3 Å². The van der Waals surface area contributed by atoms with E-state index in [1.54, 1.807) is 0 Å². The maximum absolute atomic E-state index is 6.55. The first kappa shape index (κ1) is 27.9. The number of benzene rings is 7. The minimum atomic E-state index is 0.882. The van der Waals surface area contributed by atoms with Crippen LogP contribution in [0.3, 0.4) is 0 Å². The summed E-state index contributed by atoms with van der Waals surface area (Å²) in [5.74, 6) is 0. The van der Waals surface area contributed by atoms with Crippen LogP contribution >= 0.6 is 0 Å². The van der Waals surface area contributed by atoms with E-state index in [1.165, 1.54) is 77.2 Å². The van der Waals surface area contributed by atoms with E-state index in [9.17, 15) is 0 Å². The summed E-state index contributed by atoms with van der Waals surface area (Å²) < 4.78 is 13.1. The molecule has 9 rings (SSSR count). The summed E-state index contributed by atoms with van der Waals surface area (Å²) in [6, 6.07) is 36.0. The van der Waals surface area contributed by atoms with E-state index < -0.39 is 0 Å². The maximum Gasteiger partial charge on any atom is 0.136 e. The average molecular weight is 609 g/mol. The Balaban J connectivity index is 1.17. The van der Waals surface area contributed by atoms with Gasteiger partial charge in [-0.05, 0) is 161 Å². The topological polar surface area (TPSA) is 26.3 Å². The predicted molar refractivity (Wildman–Crippen MR) is 200 cm³/mol. The Morgan fingerprint density at radius 2 is 0.809 bits per heavy atom. The second-order valence-electron chi connectivity index (χ2n) is 13.6. The number of rotatable bonds is 3. The zero-order valence-corrected chi connectivity index (χ0v) is 27.8. The molecule has 2 aromatic heterocycles. The second-order valence-corrected chi connectivity index (χ2v) is 13.6. The molecular weight excluding hydrogens is 572 g/mol. The third-order valence-electron chi connectivity index (χ3n) is 10.2. The van der Waals surface area contributed by atoms with Crippen LogP contribution in [-0.2, 0) is 6.42 Å². The van der Waals surface area contributed by atoms with Gasteiger partial charge < -0.3 is 8.83 Å². The first-order chi connectivity index (χ1) is 22.7. The normalized spacial score (nSPS) is 12.1. The Labute approximate surface area is 274 Å². The highest BCUT2D eigenvalue weighted by molar-refractivity contribution is 6.18. The monoisotopic (exact) mass is 608 g/mol. The van der Waals surface area contributed by atoms with Crippen LogP contribution in [0.2, 0.25) is 0 Å². The lowest BCUT2D eigenvalue weighted by Gasteiger charge is -2.13. The van der Waals surface area contributed by atoms with Gasteiger partial charge in [-0.3, -0.25) is 0 Å². The van der Waals surface area contributed by atoms with Gasteiger partial charge in [-0.2, -0.15) is 0 Å². The molecule has 2 heterocycles. The van der Waals surface area contributed by atoms with Gasteiger partial charge in [-0.1, -0.05) is 61.0 Å². The molecule has 0 saturated heterocycles. The zero-order valence-electron chi connectivity index (χ0n) is 27.8. The molecule has 0 amide bonds. The molecule has 0 spiro atoms. The van der Waals surface area contributed by atoms with Crippen molar-refractivity contribution in [2.75, 3.05) is 0 Å². The van der Waals surface area contributed by atoms with E-state index in [2.05, 4.69) is 139 Å². The molecule has 47 heavy (non-hydrogen) atoms. The minimum Gasteiger partial charge on any atom is -0.456 e. The van der Waals surface area contributed by atoms with Crippen molar-refractivity contribution in [1.29, 1.82) is 0 Å². The predicted octanol–water partition coefficient (Wildman–Crippen LogP) is 13.2. The summed E-state index contributed by atoms with van der Waals surface area (Å²) in [7, 11) is 0. The van der Waals surface area contributed by atoms with E-state index in [-0.39, 0.29) is 0 Å². The number of hydrogen-bond acceptors (Lipinski definition) is 2. The molecule has 0 aliphatic rings. The number of hydrogen-bond donors (Lipinski definition) is 0. The van der Waals surface area contributed by atoms with E-state index >= 15 is 0 Å². The summed E-state index contributed by atoms with van der Waals surface area (Å²) in [5.41, 5.74) is 16.6. The summed E-state index contributed by atoms with van der Waals surface area (Å²) >= 11 is 0. The van der Waals surface area contributed by atoms with Crippen LogP contribution in [0.15, 0.2) is 106 Å². The minimum absolute atomic E-state index is 0.882. The van der Waals surface area contributed by atoms with Gasteiger partial charge in [-0.15, -0.1) is 0 Å². The smallest absolute Gasteiger partial charge is 0.136 e. The van der Waals surface area contributed by atoms with Crippen molar-refractivity contribution in [1.82, 2.24) is 0 Å². The molecule has 0 bridgehead atoms. The van der Waals surface area contributed by atoms with Crippen molar-refractivity contribution in [2.45, 2.75) is 48.0 Å². The van der Waals surface area contributed by atoms with Crippen LogP contribution < -0.4 is 0 Å². The number of fused-ring (bicyclic) bond motifs is 8. The van der Waals surface area contributed by atoms with Crippen LogP contribution in [0.1, 0.15) is 40.3 Å². The summed E-state index contributed by atoms with van der Waals surface area (Å²) in [5, 5.41) is 9.15. The van der Waals surface area contributed by atoms with Crippen LogP contribution in [0.5, 0.6) is 0 Å². The first-order valence-corrected chi connectivity index (χ1v) is 16.6. The molecule has 0 atom stereocenters. The highest BCUT2D eigenvalue weighted by Gasteiger charge is 2.16. The van der Waals surface area contributed by atoms with Gasteiger partial charge in [-0.25, -0.2) is 0 Å². The number of furan rings is 2. The van der Waals surface area contributed by atoms with Crippen LogP contribution in [0.4, 0.5) is 0 Å². The highest BCUT2D eigenvalue weighted by atomic mass is 16.3. The lowest BCUT2D eigenvalue weighted by molar-refractivity contribution is 0.664. The van der Waals surface area contributed by atoms with E-state index in [1.807, 2.05) is 0 Å². The van der Waals surface area contributed by atoms with Gasteiger partial charge in [0.15, 0.2) is 0 Å². The summed E-state index contributed by atoms with van der Waals surface area (Å²) in [6.45, 7) is 13.2. The van der Waals surface area contributed by atoms with Crippen molar-refractivity contribution >= 4 is 65.4 Å². The Morgan fingerprint density at radius 1 is 0.404 bits per heavy atom. The van der Waals surface area contributed by atoms with Gasteiger partial charge in [0.2, 0.25) is 0 Å². The molecule has 7 aromatic carbocycles. The fourth-order valence-corrected chi connectivity index (χ4v) is 8.19. The molecule has 0 fully saturated rings. The highest BCUT2D eigenvalue weighted by Crippen LogP contribution is 2.41. The SMILES string of the molecule is CCc1cc(C)c(-c2ccc3cc4c(cc3c2)oc2cc3c(cc24)oc2cc4cc(-c5c(C)cc(C)cc5C)ccc4cc23)c(C)c1. The van der Waals surface area contributed by atoms with Crippen molar-refractivity contribution in [3.05, 3.63) is 130 Å². The average Bonchev–Trinajstić information content (AvgIpc) is 3.56. The van der Waals surface area contributed by atoms with Crippen LogP contribution in [0.25, 0.3) is 87.7 Å². The molecule has 0 unspecified atom stereocenters. The maximum atomic E-state index is 6.55. The van der Waals surface area contributed by atoms with Gasteiger partial charge in [0, 0.05) is 21.5 Å². The Morgan fingerprint density at radius 3 is 1.26 bits per heavy atom. The lowest BCUT2D eigenvalue weighted by Crippen LogP contribution is -1.92. The molecular formula is C45H36O2. The Bertz CT molecular complexity index is 2720. The van der Waals surface area contributed by atoms with E-state index in [4.69, 9.17) is 8.83 Å². The van der Waals surface area contributed by atoms with Gasteiger partial charge in [0.05, 0.1) is 0 Å². The van der Waals surface area contributed by atoms with Crippen LogP contribution in [-0.4, -0.2) is 0 Å². The van der Waals surface area contributed by atoms with Crippen molar-refractivity contribution in [3.8, 4) is 22.3 Å². The quantitative estimate of drug-likeness (QED) is 0.199. The molecule has 2 nitrogen and oxygen atoms in total. The number of aryl methyl sites for hydroxylation is 6. The third kappa shape index (κ3) is 4.32. The first-order valence-electron chi connectivity index (χ1n) is 16.6. The third-order valence-corrected chi connectivity index (χ3v) is 10.2. The van der Waals surface area contributed by atoms with Gasteiger partial charge in [0.25, 0.3) is 0 Å². The second kappa shape index (κ2) is 10.1. The molecule has 0 radical (unpaired) electrons. The molecule has 9 aromatic rings. The largest absolute Gasteiger partial charge is 0.456 e. The fourth-order valence-electron chi connectivity index (χ4n) is 8.19. The molecule has 0 aliphatic heterocycles.